The Balaban J connectivity index is 1.59. The van der Waals surface area contributed by atoms with Crippen LogP contribution in [0.25, 0.3) is 16.9 Å². The second-order valence-corrected chi connectivity index (χ2v) is 12.9. The summed E-state index contributed by atoms with van der Waals surface area (Å²) in [4.78, 5) is 13.7. The Morgan fingerprint density at radius 2 is 1.60 bits per heavy atom. The summed E-state index contributed by atoms with van der Waals surface area (Å²) in [7, 11) is -3.85. The quantitative estimate of drug-likeness (QED) is 0.291. The lowest BCUT2D eigenvalue weighted by molar-refractivity contribution is 0.0743. The van der Waals surface area contributed by atoms with Crippen LogP contribution in [0, 0.1) is 0 Å². The van der Waals surface area contributed by atoms with E-state index in [9.17, 15) is 13.2 Å². The molecule has 1 aliphatic heterocycles. The Morgan fingerprint density at radius 1 is 0.925 bits per heavy atom. The number of halogens is 3. The maximum absolute atomic E-state index is 13.7. The summed E-state index contributed by atoms with van der Waals surface area (Å²) in [6.07, 6.45) is 6.64. The van der Waals surface area contributed by atoms with Crippen LogP contribution in [0.3, 0.4) is 0 Å². The number of nitrogens with zero attached hydrogens (tertiary/aromatic N) is 3. The highest BCUT2D eigenvalue weighted by Crippen LogP contribution is 2.34. The van der Waals surface area contributed by atoms with Gasteiger partial charge in [0.05, 0.1) is 16.4 Å². The third-order valence-corrected chi connectivity index (χ3v) is 9.14. The summed E-state index contributed by atoms with van der Waals surface area (Å²) in [5.74, 6) is -0.432. The van der Waals surface area contributed by atoms with E-state index < -0.39 is 16.1 Å². The Bertz CT molecular complexity index is 1470. The van der Waals surface area contributed by atoms with Gasteiger partial charge >= 0.3 is 0 Å². The molecular formula is C27H31Cl3N6O3S. The van der Waals surface area contributed by atoms with Crippen molar-refractivity contribution in [2.45, 2.75) is 57.5 Å². The first-order valence-corrected chi connectivity index (χ1v) is 16.0. The average molecular weight is 626 g/mol. The molecule has 2 aliphatic rings. The van der Waals surface area contributed by atoms with Gasteiger partial charge in [-0.3, -0.25) is 10.2 Å². The lowest BCUT2D eigenvalue weighted by Gasteiger charge is -2.26. The third-order valence-electron chi connectivity index (χ3n) is 7.19. The number of hydrogen-bond acceptors (Lipinski definition) is 5. The molecule has 1 amide bonds. The van der Waals surface area contributed by atoms with Crippen molar-refractivity contribution in [3.05, 3.63) is 68.8 Å². The number of rotatable bonds is 9. The minimum absolute atomic E-state index is 0.0881. The molecular weight excluding hydrogens is 595 g/mol. The van der Waals surface area contributed by atoms with E-state index in [-0.39, 0.29) is 18.3 Å². The monoisotopic (exact) mass is 624 g/mol. The van der Waals surface area contributed by atoms with Gasteiger partial charge in [0, 0.05) is 46.8 Å². The molecule has 3 N–H and O–H groups in total. The Hall–Kier alpha value is -2.18. The summed E-state index contributed by atoms with van der Waals surface area (Å²) in [5, 5.41) is 7.88. The Kier molecular flexibility index (Phi) is 9.36. The van der Waals surface area contributed by atoms with Crippen molar-refractivity contribution in [2.24, 2.45) is 0 Å². The van der Waals surface area contributed by atoms with Gasteiger partial charge in [-0.25, -0.2) is 9.69 Å². The van der Waals surface area contributed by atoms with Crippen LogP contribution in [0.1, 0.15) is 61.0 Å². The molecule has 13 heteroatoms. The molecule has 1 aliphatic carbocycles. The first-order valence-electron chi connectivity index (χ1n) is 13.4. The fraction of sp³-hybridized carbons (Fsp3) is 0.407. The molecule has 2 fully saturated rings. The molecule has 0 unspecified atom stereocenters. The number of hydrogen-bond donors (Lipinski definition) is 3. The van der Waals surface area contributed by atoms with Crippen LogP contribution in [0.2, 0.25) is 15.1 Å². The number of carbonyl (C=O) groups excluding carboxylic acids is 1. The van der Waals surface area contributed by atoms with Gasteiger partial charge in [-0.2, -0.15) is 23.0 Å². The number of carbonyl (C=O) groups is 1. The fourth-order valence-corrected chi connectivity index (χ4v) is 6.91. The molecule has 5 rings (SSSR count). The van der Waals surface area contributed by atoms with E-state index >= 15 is 0 Å². The van der Waals surface area contributed by atoms with Gasteiger partial charge in [0.2, 0.25) is 0 Å². The number of benzene rings is 2. The molecule has 9 nitrogen and oxygen atoms in total. The van der Waals surface area contributed by atoms with Gasteiger partial charge in [0.1, 0.15) is 0 Å². The average Bonchev–Trinajstić information content (AvgIpc) is 3.56. The van der Waals surface area contributed by atoms with Gasteiger partial charge in [-0.15, -0.1) is 0 Å². The highest BCUT2D eigenvalue weighted by Gasteiger charge is 2.29. The maximum Gasteiger partial charge on any atom is 0.286 e. The molecule has 1 aromatic heterocycles. The number of hydrazine groups is 1. The first-order chi connectivity index (χ1) is 19.2. The molecule has 0 atom stereocenters. The molecule has 1 saturated carbocycles. The minimum atomic E-state index is -3.85. The van der Waals surface area contributed by atoms with E-state index in [1.165, 1.54) is 0 Å². The fourth-order valence-electron chi connectivity index (χ4n) is 5.21. The van der Waals surface area contributed by atoms with Gasteiger partial charge < -0.3 is 0 Å². The summed E-state index contributed by atoms with van der Waals surface area (Å²) in [5.41, 5.74) is 5.12. The minimum Gasteiger partial charge on any atom is -0.283 e. The molecule has 0 radical (unpaired) electrons. The van der Waals surface area contributed by atoms with Crippen LogP contribution >= 0.6 is 34.8 Å². The lowest BCUT2D eigenvalue weighted by Crippen LogP contribution is -2.45. The molecule has 1 saturated heterocycles. The summed E-state index contributed by atoms with van der Waals surface area (Å²) < 4.78 is 32.9. The SMILES string of the molecule is O=C(NN1CCCCC1)c1nn(-c2ccc(Cl)cc2Cl)c(-c2ccc(Cl)cc2)c1CNS(=O)(=O)NC1CCCC1. The molecule has 0 spiro atoms. The summed E-state index contributed by atoms with van der Waals surface area (Å²) >= 11 is 18.9. The van der Waals surface area contributed by atoms with Crippen molar-refractivity contribution in [2.75, 3.05) is 13.1 Å². The van der Waals surface area contributed by atoms with Crippen LogP contribution in [-0.4, -0.2) is 48.2 Å². The topological polar surface area (TPSA) is 108 Å². The summed E-state index contributed by atoms with van der Waals surface area (Å²) in [6.45, 7) is 1.29. The largest absolute Gasteiger partial charge is 0.286 e. The van der Waals surface area contributed by atoms with Crippen LogP contribution in [-0.2, 0) is 16.8 Å². The van der Waals surface area contributed by atoms with E-state index in [1.807, 2.05) is 5.01 Å². The third kappa shape index (κ3) is 6.99. The Labute approximate surface area is 249 Å². The zero-order valence-electron chi connectivity index (χ0n) is 21.8. The van der Waals surface area contributed by atoms with Crippen molar-refractivity contribution in [3.8, 4) is 16.9 Å². The number of aromatic nitrogens is 2. The number of amides is 1. The lowest BCUT2D eigenvalue weighted by atomic mass is 10.0. The van der Waals surface area contributed by atoms with Crippen molar-refractivity contribution < 1.29 is 13.2 Å². The molecule has 3 aromatic rings. The second-order valence-electron chi connectivity index (χ2n) is 10.1. The van der Waals surface area contributed by atoms with E-state index in [2.05, 4.69) is 14.9 Å². The second kappa shape index (κ2) is 12.8. The van der Waals surface area contributed by atoms with Crippen LogP contribution in [0.4, 0.5) is 0 Å². The highest BCUT2D eigenvalue weighted by atomic mass is 35.5. The highest BCUT2D eigenvalue weighted by molar-refractivity contribution is 7.87. The normalized spacial score (nSPS) is 16.9. The van der Waals surface area contributed by atoms with Crippen molar-refractivity contribution >= 4 is 50.9 Å². The molecule has 40 heavy (non-hydrogen) atoms. The van der Waals surface area contributed by atoms with Gasteiger partial charge in [0.25, 0.3) is 16.1 Å². The van der Waals surface area contributed by atoms with Gasteiger partial charge in [0.15, 0.2) is 5.69 Å². The smallest absolute Gasteiger partial charge is 0.283 e. The predicted molar refractivity (Wildman–Crippen MR) is 158 cm³/mol. The van der Waals surface area contributed by atoms with Gasteiger partial charge in [-0.05, 0) is 56.0 Å². The van der Waals surface area contributed by atoms with Gasteiger partial charge in [-0.1, -0.05) is 66.2 Å². The van der Waals surface area contributed by atoms with E-state index in [0.717, 1.165) is 58.0 Å². The first kappa shape index (κ1) is 29.3. The van der Waals surface area contributed by atoms with Crippen molar-refractivity contribution in [1.29, 1.82) is 0 Å². The number of nitrogens with one attached hydrogen (secondary N) is 3. The van der Waals surface area contributed by atoms with Crippen LogP contribution in [0.15, 0.2) is 42.5 Å². The van der Waals surface area contributed by atoms with E-state index in [4.69, 9.17) is 39.9 Å². The number of piperidine rings is 1. The molecule has 0 bridgehead atoms. The Morgan fingerprint density at radius 3 is 2.27 bits per heavy atom. The zero-order valence-corrected chi connectivity index (χ0v) is 24.9. The molecule has 214 valence electrons. The predicted octanol–water partition coefficient (Wildman–Crippen LogP) is 5.50. The maximum atomic E-state index is 13.7. The molecule has 2 aromatic carbocycles. The standard InChI is InChI=1S/C27H31Cl3N6O3S/c28-19-10-8-18(9-11-19)26-22(17-31-40(38,39)34-21-6-2-3-7-21)25(27(37)33-35-14-4-1-5-15-35)32-36(26)24-13-12-20(29)16-23(24)30/h8-13,16,21,31,34H,1-7,14-15,17H2,(H,33,37). The van der Waals surface area contributed by atoms with E-state index in [0.29, 0.717) is 37.6 Å². The summed E-state index contributed by atoms with van der Waals surface area (Å²) in [6, 6.07) is 11.9. The van der Waals surface area contributed by atoms with Crippen LogP contribution < -0.4 is 14.9 Å². The zero-order chi connectivity index (χ0) is 28.3. The van der Waals surface area contributed by atoms with Crippen LogP contribution in [0.5, 0.6) is 0 Å². The van der Waals surface area contributed by atoms with Crippen molar-refractivity contribution in [3.63, 3.8) is 0 Å². The molecule has 2 heterocycles. The van der Waals surface area contributed by atoms with E-state index in [1.54, 1.807) is 47.1 Å². The van der Waals surface area contributed by atoms with Crippen molar-refractivity contribution in [1.82, 2.24) is 29.7 Å².